The van der Waals surface area contributed by atoms with Crippen molar-refractivity contribution in [3.63, 3.8) is 0 Å². The van der Waals surface area contributed by atoms with E-state index < -0.39 is 0 Å². The molecule has 0 aromatic rings. The van der Waals surface area contributed by atoms with Crippen molar-refractivity contribution in [1.82, 2.24) is 10.6 Å². The third kappa shape index (κ3) is 11.0. The lowest BCUT2D eigenvalue weighted by atomic mass is 9.78. The van der Waals surface area contributed by atoms with Crippen LogP contribution in [0.25, 0.3) is 0 Å². The molecule has 2 aliphatic carbocycles. The van der Waals surface area contributed by atoms with Gasteiger partial charge in [0.2, 0.25) is 0 Å². The SMILES string of the molecule is CC1=CCC(C(C)CCC(CCC(C)C2CC=C(C)CC2)NCCCNCCCN)CC1. The molecule has 0 radical (unpaired) electrons. The molecule has 3 heteroatoms. The Bertz CT molecular complexity index is 513. The average molecular weight is 446 g/mol. The Morgan fingerprint density at radius 1 is 0.812 bits per heavy atom. The summed E-state index contributed by atoms with van der Waals surface area (Å²) in [4.78, 5) is 0. The summed E-state index contributed by atoms with van der Waals surface area (Å²) in [7, 11) is 0. The Morgan fingerprint density at radius 2 is 1.34 bits per heavy atom. The van der Waals surface area contributed by atoms with Gasteiger partial charge in [0.1, 0.15) is 0 Å². The van der Waals surface area contributed by atoms with E-state index >= 15 is 0 Å². The molecule has 186 valence electrons. The van der Waals surface area contributed by atoms with E-state index in [1.165, 1.54) is 70.6 Å². The normalized spacial score (nSPS) is 24.5. The first kappa shape index (κ1) is 27.6. The summed E-state index contributed by atoms with van der Waals surface area (Å²) >= 11 is 0. The molecular weight excluding hydrogens is 390 g/mol. The first-order valence-corrected chi connectivity index (χ1v) is 13.9. The van der Waals surface area contributed by atoms with Crippen LogP contribution in [-0.4, -0.2) is 32.2 Å². The summed E-state index contributed by atoms with van der Waals surface area (Å²) in [5.74, 6) is 3.51. The van der Waals surface area contributed by atoms with Crippen molar-refractivity contribution in [2.45, 2.75) is 111 Å². The lowest BCUT2D eigenvalue weighted by Gasteiger charge is -2.30. The lowest BCUT2D eigenvalue weighted by molar-refractivity contribution is 0.264. The van der Waals surface area contributed by atoms with Crippen molar-refractivity contribution in [2.24, 2.45) is 29.4 Å². The Kier molecular flexibility index (Phi) is 13.9. The Hall–Kier alpha value is -0.640. The van der Waals surface area contributed by atoms with Crippen LogP contribution >= 0.6 is 0 Å². The standard InChI is InChI=1S/C29H55N3/c1-23-7-13-27(14-8-23)25(3)11-17-29(32-22-6-21-31-20-5-19-30)18-12-26(4)28-15-9-24(2)10-16-28/h7,9,25-29,31-32H,5-6,8,10-22,30H2,1-4H3. The van der Waals surface area contributed by atoms with Gasteiger partial charge in [-0.2, -0.15) is 0 Å². The highest BCUT2D eigenvalue weighted by Gasteiger charge is 2.23. The first-order valence-electron chi connectivity index (χ1n) is 13.9. The molecule has 0 saturated carbocycles. The highest BCUT2D eigenvalue weighted by molar-refractivity contribution is 5.04. The molecule has 0 fully saturated rings. The molecule has 4 atom stereocenters. The summed E-state index contributed by atoms with van der Waals surface area (Å²) in [5, 5.41) is 7.48. The summed E-state index contributed by atoms with van der Waals surface area (Å²) in [6.45, 7) is 13.7. The number of allylic oxidation sites excluding steroid dienone is 4. The van der Waals surface area contributed by atoms with Gasteiger partial charge in [-0.15, -0.1) is 0 Å². The van der Waals surface area contributed by atoms with Gasteiger partial charge in [-0.3, -0.25) is 0 Å². The van der Waals surface area contributed by atoms with Gasteiger partial charge >= 0.3 is 0 Å². The molecular formula is C29H55N3. The second kappa shape index (κ2) is 16.1. The van der Waals surface area contributed by atoms with Crippen molar-refractivity contribution >= 4 is 0 Å². The number of rotatable bonds is 16. The number of nitrogens with one attached hydrogen (secondary N) is 2. The molecule has 0 aliphatic heterocycles. The van der Waals surface area contributed by atoms with Crippen LogP contribution in [0.3, 0.4) is 0 Å². The van der Waals surface area contributed by atoms with E-state index in [-0.39, 0.29) is 0 Å². The van der Waals surface area contributed by atoms with Crippen molar-refractivity contribution in [3.8, 4) is 0 Å². The topological polar surface area (TPSA) is 50.1 Å². The summed E-state index contributed by atoms with van der Waals surface area (Å²) in [5.41, 5.74) is 8.80. The minimum absolute atomic E-state index is 0.686. The molecule has 0 bridgehead atoms. The Labute approximate surface area is 200 Å². The maximum Gasteiger partial charge on any atom is 0.00672 e. The summed E-state index contributed by atoms with van der Waals surface area (Å²) in [6.07, 6.45) is 20.8. The van der Waals surface area contributed by atoms with Crippen LogP contribution in [0.5, 0.6) is 0 Å². The van der Waals surface area contributed by atoms with Crippen LogP contribution < -0.4 is 16.4 Å². The quantitative estimate of drug-likeness (QED) is 0.185. The van der Waals surface area contributed by atoms with Crippen LogP contribution in [0.15, 0.2) is 23.3 Å². The third-order valence-corrected chi connectivity index (χ3v) is 8.43. The zero-order chi connectivity index (χ0) is 23.2. The zero-order valence-electron chi connectivity index (χ0n) is 21.9. The monoisotopic (exact) mass is 445 g/mol. The predicted octanol–water partition coefficient (Wildman–Crippen LogP) is 6.60. The van der Waals surface area contributed by atoms with E-state index in [2.05, 4.69) is 50.5 Å². The minimum Gasteiger partial charge on any atom is -0.330 e. The fraction of sp³-hybridized carbons (Fsp3) is 0.862. The highest BCUT2D eigenvalue weighted by atomic mass is 14.9. The predicted molar refractivity (Wildman–Crippen MR) is 142 cm³/mol. The number of hydrogen-bond acceptors (Lipinski definition) is 3. The lowest BCUT2D eigenvalue weighted by Crippen LogP contribution is -2.33. The van der Waals surface area contributed by atoms with Crippen molar-refractivity contribution in [2.75, 3.05) is 26.2 Å². The van der Waals surface area contributed by atoms with Gasteiger partial charge in [-0.1, -0.05) is 37.1 Å². The maximum atomic E-state index is 5.59. The van der Waals surface area contributed by atoms with Gasteiger partial charge in [-0.05, 0) is 141 Å². The fourth-order valence-electron chi connectivity index (χ4n) is 5.62. The molecule has 4 N–H and O–H groups in total. The van der Waals surface area contributed by atoms with Gasteiger partial charge in [0, 0.05) is 6.04 Å². The van der Waals surface area contributed by atoms with Gasteiger partial charge in [0.15, 0.2) is 0 Å². The van der Waals surface area contributed by atoms with E-state index in [1.807, 2.05) is 0 Å². The molecule has 0 spiro atoms. The molecule has 32 heavy (non-hydrogen) atoms. The van der Waals surface area contributed by atoms with Crippen molar-refractivity contribution < 1.29 is 0 Å². The van der Waals surface area contributed by atoms with E-state index in [1.54, 1.807) is 11.1 Å². The Balaban J connectivity index is 1.75. The van der Waals surface area contributed by atoms with E-state index in [0.29, 0.717) is 6.04 Å². The highest BCUT2D eigenvalue weighted by Crippen LogP contribution is 2.34. The van der Waals surface area contributed by atoms with Crippen LogP contribution in [0.1, 0.15) is 105 Å². The summed E-state index contributed by atoms with van der Waals surface area (Å²) < 4.78 is 0. The van der Waals surface area contributed by atoms with Gasteiger partial charge in [-0.25, -0.2) is 0 Å². The van der Waals surface area contributed by atoms with Crippen LogP contribution in [-0.2, 0) is 0 Å². The molecule has 0 aromatic carbocycles. The number of nitrogens with two attached hydrogens (primary N) is 1. The maximum absolute atomic E-state index is 5.59. The second-order valence-electron chi connectivity index (χ2n) is 11.2. The molecule has 4 unspecified atom stereocenters. The van der Waals surface area contributed by atoms with Gasteiger partial charge < -0.3 is 16.4 Å². The van der Waals surface area contributed by atoms with Crippen LogP contribution in [0, 0.1) is 23.7 Å². The van der Waals surface area contributed by atoms with E-state index in [0.717, 1.165) is 56.3 Å². The molecule has 0 amide bonds. The van der Waals surface area contributed by atoms with Gasteiger partial charge in [0.05, 0.1) is 0 Å². The minimum atomic E-state index is 0.686. The molecule has 2 rings (SSSR count). The molecule has 0 saturated heterocycles. The van der Waals surface area contributed by atoms with Crippen LogP contribution in [0.2, 0.25) is 0 Å². The molecule has 0 aromatic heterocycles. The Morgan fingerprint density at radius 3 is 1.81 bits per heavy atom. The van der Waals surface area contributed by atoms with Crippen molar-refractivity contribution in [1.29, 1.82) is 0 Å². The van der Waals surface area contributed by atoms with Gasteiger partial charge in [0.25, 0.3) is 0 Å². The molecule has 0 heterocycles. The molecule has 2 aliphatic rings. The fourth-order valence-corrected chi connectivity index (χ4v) is 5.62. The van der Waals surface area contributed by atoms with E-state index in [4.69, 9.17) is 5.73 Å². The van der Waals surface area contributed by atoms with E-state index in [9.17, 15) is 0 Å². The smallest absolute Gasteiger partial charge is 0.00672 e. The molecule has 3 nitrogen and oxygen atoms in total. The first-order chi connectivity index (χ1) is 15.5. The summed E-state index contributed by atoms with van der Waals surface area (Å²) in [6, 6.07) is 0.686. The zero-order valence-corrected chi connectivity index (χ0v) is 21.9. The van der Waals surface area contributed by atoms with Crippen LogP contribution in [0.4, 0.5) is 0 Å². The largest absolute Gasteiger partial charge is 0.330 e. The van der Waals surface area contributed by atoms with Crippen molar-refractivity contribution in [3.05, 3.63) is 23.3 Å². The average Bonchev–Trinajstić information content (AvgIpc) is 2.80. The third-order valence-electron chi connectivity index (χ3n) is 8.43. The number of hydrogen-bond donors (Lipinski definition) is 3. The second-order valence-corrected chi connectivity index (χ2v) is 11.2.